The van der Waals surface area contributed by atoms with E-state index in [1.807, 2.05) is 48.7 Å². The molecule has 7 heteroatoms. The summed E-state index contributed by atoms with van der Waals surface area (Å²) in [7, 11) is 0. The van der Waals surface area contributed by atoms with Gasteiger partial charge in [-0.2, -0.15) is 4.99 Å². The normalized spacial score (nSPS) is 11.8. The van der Waals surface area contributed by atoms with Crippen molar-refractivity contribution in [1.82, 2.24) is 4.57 Å². The average molecular weight is 457 g/mol. The molecule has 0 saturated carbocycles. The van der Waals surface area contributed by atoms with Gasteiger partial charge in [-0.15, -0.1) is 0 Å². The second-order valence-electron chi connectivity index (χ2n) is 7.27. The summed E-state index contributed by atoms with van der Waals surface area (Å²) in [5.74, 6) is 1.28. The Hall–Kier alpha value is -2.64. The van der Waals surface area contributed by atoms with E-state index in [0.29, 0.717) is 43.3 Å². The van der Waals surface area contributed by atoms with Crippen molar-refractivity contribution in [2.75, 3.05) is 26.4 Å². The summed E-state index contributed by atoms with van der Waals surface area (Å²) < 4.78 is 20.2. The first kappa shape index (κ1) is 24.0. The Kier molecular flexibility index (Phi) is 9.31. The zero-order valence-corrected chi connectivity index (χ0v) is 20.0. The number of hydrogen-bond acceptors (Lipinski definition) is 5. The van der Waals surface area contributed by atoms with Crippen LogP contribution in [0.1, 0.15) is 50.4 Å². The van der Waals surface area contributed by atoms with Crippen LogP contribution in [0, 0.1) is 0 Å². The SMILES string of the molecule is CCCCCOc1ccc(C(=O)N=c2sc3cccc(OCC)c3n2CCOCC)cc1. The molecular formula is C25H32N2O4S. The molecule has 32 heavy (non-hydrogen) atoms. The van der Waals surface area contributed by atoms with Crippen LogP contribution in [0.2, 0.25) is 0 Å². The smallest absolute Gasteiger partial charge is 0.279 e. The zero-order chi connectivity index (χ0) is 22.8. The molecule has 1 amide bonds. The van der Waals surface area contributed by atoms with E-state index in [0.717, 1.165) is 41.0 Å². The number of hydrogen-bond donors (Lipinski definition) is 0. The van der Waals surface area contributed by atoms with Gasteiger partial charge in [0.1, 0.15) is 17.0 Å². The highest BCUT2D eigenvalue weighted by molar-refractivity contribution is 7.16. The third-order valence-corrected chi connectivity index (χ3v) is 5.99. The molecule has 0 aliphatic carbocycles. The van der Waals surface area contributed by atoms with Gasteiger partial charge in [0.2, 0.25) is 0 Å². The van der Waals surface area contributed by atoms with Crippen LogP contribution in [0.15, 0.2) is 47.5 Å². The minimum Gasteiger partial charge on any atom is -0.494 e. The molecule has 0 aliphatic heterocycles. The molecule has 0 bridgehead atoms. The molecule has 0 atom stereocenters. The maximum atomic E-state index is 12.9. The van der Waals surface area contributed by atoms with E-state index in [1.165, 1.54) is 11.3 Å². The number of carbonyl (C=O) groups is 1. The van der Waals surface area contributed by atoms with Gasteiger partial charge in [-0.1, -0.05) is 37.2 Å². The van der Waals surface area contributed by atoms with E-state index >= 15 is 0 Å². The Bertz CT molecular complexity index is 1070. The highest BCUT2D eigenvalue weighted by Gasteiger charge is 2.13. The molecule has 1 heterocycles. The van der Waals surface area contributed by atoms with E-state index < -0.39 is 0 Å². The number of aromatic nitrogens is 1. The summed E-state index contributed by atoms with van der Waals surface area (Å²) in [6, 6.07) is 13.1. The van der Waals surface area contributed by atoms with Gasteiger partial charge in [0.15, 0.2) is 4.80 Å². The van der Waals surface area contributed by atoms with Gasteiger partial charge in [0, 0.05) is 18.7 Å². The minimum absolute atomic E-state index is 0.280. The second kappa shape index (κ2) is 12.4. The van der Waals surface area contributed by atoms with Crippen molar-refractivity contribution < 1.29 is 19.0 Å². The van der Waals surface area contributed by atoms with Crippen LogP contribution in [-0.2, 0) is 11.3 Å². The lowest BCUT2D eigenvalue weighted by Gasteiger charge is -2.10. The van der Waals surface area contributed by atoms with E-state index in [-0.39, 0.29) is 5.91 Å². The summed E-state index contributed by atoms with van der Waals surface area (Å²) in [5.41, 5.74) is 1.48. The lowest BCUT2D eigenvalue weighted by Crippen LogP contribution is -2.20. The number of fused-ring (bicyclic) bond motifs is 1. The molecule has 0 fully saturated rings. The maximum absolute atomic E-state index is 12.9. The topological polar surface area (TPSA) is 62.0 Å². The van der Waals surface area contributed by atoms with Crippen molar-refractivity contribution >= 4 is 27.5 Å². The number of para-hydroxylation sites is 1. The van der Waals surface area contributed by atoms with Crippen molar-refractivity contribution in [3.8, 4) is 11.5 Å². The van der Waals surface area contributed by atoms with Crippen LogP contribution in [0.25, 0.3) is 10.2 Å². The van der Waals surface area contributed by atoms with Gasteiger partial charge in [0.05, 0.1) is 24.5 Å². The van der Waals surface area contributed by atoms with Gasteiger partial charge >= 0.3 is 0 Å². The molecule has 0 radical (unpaired) electrons. The molecule has 2 aromatic carbocycles. The fourth-order valence-electron chi connectivity index (χ4n) is 3.35. The highest BCUT2D eigenvalue weighted by atomic mass is 32.1. The number of rotatable bonds is 12. The number of nitrogens with zero attached hydrogens (tertiary/aromatic N) is 2. The second-order valence-corrected chi connectivity index (χ2v) is 8.28. The van der Waals surface area contributed by atoms with Crippen LogP contribution >= 0.6 is 11.3 Å². The lowest BCUT2D eigenvalue weighted by molar-refractivity contribution is 0.0996. The predicted octanol–water partition coefficient (Wildman–Crippen LogP) is 5.45. The Morgan fingerprint density at radius 3 is 2.50 bits per heavy atom. The number of benzene rings is 2. The Balaban J connectivity index is 1.88. The van der Waals surface area contributed by atoms with E-state index in [9.17, 15) is 4.79 Å². The number of amides is 1. The van der Waals surface area contributed by atoms with Gasteiger partial charge in [-0.25, -0.2) is 0 Å². The summed E-state index contributed by atoms with van der Waals surface area (Å²) in [5, 5.41) is 0. The van der Waals surface area contributed by atoms with Crippen molar-refractivity contribution in [3.63, 3.8) is 0 Å². The lowest BCUT2D eigenvalue weighted by atomic mass is 10.2. The van der Waals surface area contributed by atoms with E-state index in [2.05, 4.69) is 11.9 Å². The molecule has 0 unspecified atom stereocenters. The predicted molar refractivity (Wildman–Crippen MR) is 129 cm³/mol. The molecule has 3 rings (SSSR count). The first-order valence-electron chi connectivity index (χ1n) is 11.3. The van der Waals surface area contributed by atoms with Gasteiger partial charge < -0.3 is 18.8 Å². The Morgan fingerprint density at radius 2 is 1.78 bits per heavy atom. The largest absolute Gasteiger partial charge is 0.494 e. The van der Waals surface area contributed by atoms with Crippen LogP contribution in [0.5, 0.6) is 11.5 Å². The molecule has 0 aliphatic rings. The van der Waals surface area contributed by atoms with Crippen LogP contribution in [0.3, 0.4) is 0 Å². The average Bonchev–Trinajstić information content (AvgIpc) is 3.15. The Labute approximate surface area is 193 Å². The van der Waals surface area contributed by atoms with Crippen LogP contribution in [0.4, 0.5) is 0 Å². The first-order chi connectivity index (χ1) is 15.7. The summed E-state index contributed by atoms with van der Waals surface area (Å²) in [6.45, 7) is 9.12. The number of carbonyl (C=O) groups excluding carboxylic acids is 1. The number of unbranched alkanes of at least 4 members (excludes halogenated alkanes) is 2. The quantitative estimate of drug-likeness (QED) is 0.340. The third kappa shape index (κ3) is 6.20. The summed E-state index contributed by atoms with van der Waals surface area (Å²) in [4.78, 5) is 18.0. The molecule has 3 aromatic rings. The molecule has 1 aromatic heterocycles. The maximum Gasteiger partial charge on any atom is 0.279 e. The summed E-state index contributed by atoms with van der Waals surface area (Å²) >= 11 is 1.48. The van der Waals surface area contributed by atoms with E-state index in [1.54, 1.807) is 12.1 Å². The third-order valence-electron chi connectivity index (χ3n) is 4.94. The fraction of sp³-hybridized carbons (Fsp3) is 0.440. The van der Waals surface area contributed by atoms with Gasteiger partial charge in [0.25, 0.3) is 5.91 Å². The molecule has 172 valence electrons. The van der Waals surface area contributed by atoms with Gasteiger partial charge in [-0.3, -0.25) is 4.79 Å². The van der Waals surface area contributed by atoms with Gasteiger partial charge in [-0.05, 0) is 56.7 Å². The molecule has 0 saturated heterocycles. The minimum atomic E-state index is -0.280. The number of ether oxygens (including phenoxy) is 3. The number of thiazole rings is 1. The van der Waals surface area contributed by atoms with Crippen molar-refractivity contribution in [2.45, 2.75) is 46.6 Å². The molecule has 0 spiro atoms. The first-order valence-corrected chi connectivity index (χ1v) is 12.1. The molecule has 6 nitrogen and oxygen atoms in total. The van der Waals surface area contributed by atoms with E-state index in [4.69, 9.17) is 14.2 Å². The van der Waals surface area contributed by atoms with Crippen LogP contribution in [-0.4, -0.2) is 36.9 Å². The molecule has 0 N–H and O–H groups in total. The summed E-state index contributed by atoms with van der Waals surface area (Å²) in [6.07, 6.45) is 3.34. The highest BCUT2D eigenvalue weighted by Crippen LogP contribution is 2.27. The molecular weight excluding hydrogens is 424 g/mol. The van der Waals surface area contributed by atoms with Crippen molar-refractivity contribution in [1.29, 1.82) is 0 Å². The standard InChI is InChI=1S/C25H32N2O4S/c1-4-7-8-17-31-20-14-12-19(13-15-20)24(28)26-25-27(16-18-29-5-2)23-21(30-6-3)10-9-11-22(23)32-25/h9-15H,4-8,16-18H2,1-3H3. The van der Waals surface area contributed by atoms with Crippen molar-refractivity contribution in [3.05, 3.63) is 52.8 Å². The van der Waals surface area contributed by atoms with Crippen molar-refractivity contribution in [2.24, 2.45) is 4.99 Å². The van der Waals surface area contributed by atoms with Crippen LogP contribution < -0.4 is 14.3 Å². The Morgan fingerprint density at radius 1 is 0.969 bits per heavy atom. The monoisotopic (exact) mass is 456 g/mol. The fourth-order valence-corrected chi connectivity index (χ4v) is 4.42. The zero-order valence-electron chi connectivity index (χ0n) is 19.1.